The molecule has 1 unspecified atom stereocenters. The van der Waals surface area contributed by atoms with Crippen molar-refractivity contribution in [2.24, 2.45) is 0 Å². The Kier molecular flexibility index (Phi) is 5.82. The molecule has 1 rings (SSSR count). The van der Waals surface area contributed by atoms with Crippen LogP contribution < -0.4 is 0 Å². The molecule has 0 fully saturated rings. The van der Waals surface area contributed by atoms with Crippen molar-refractivity contribution in [2.45, 2.75) is 33.3 Å². The van der Waals surface area contributed by atoms with Crippen molar-refractivity contribution >= 4 is 5.97 Å². The Morgan fingerprint density at radius 2 is 2.00 bits per heavy atom. The lowest BCUT2D eigenvalue weighted by atomic mass is 10.1. The van der Waals surface area contributed by atoms with Crippen molar-refractivity contribution in [1.29, 1.82) is 0 Å². The second-order valence-electron chi connectivity index (χ2n) is 4.33. The summed E-state index contributed by atoms with van der Waals surface area (Å²) >= 11 is 0. The highest BCUT2D eigenvalue weighted by Gasteiger charge is 2.09. The van der Waals surface area contributed by atoms with E-state index in [1.54, 1.807) is 19.2 Å². The molecule has 0 bridgehead atoms. The zero-order chi connectivity index (χ0) is 13.5. The number of carbonyl (C=O) groups excluding carboxylic acids is 1. The summed E-state index contributed by atoms with van der Waals surface area (Å²) in [6.07, 6.45) is 0.766. The SMILES string of the molecule is COC(C)CCOOC(=O)c1ccc(C)c(C)c1. The first kappa shape index (κ1) is 14.7. The third-order valence-electron chi connectivity index (χ3n) is 2.89. The summed E-state index contributed by atoms with van der Waals surface area (Å²) in [5, 5.41) is 0. The third-order valence-corrected chi connectivity index (χ3v) is 2.89. The van der Waals surface area contributed by atoms with E-state index < -0.39 is 5.97 Å². The third kappa shape index (κ3) is 4.47. The maximum Gasteiger partial charge on any atom is 0.373 e. The van der Waals surface area contributed by atoms with Crippen molar-refractivity contribution in [3.05, 3.63) is 34.9 Å². The second kappa shape index (κ2) is 7.13. The molecule has 0 aliphatic rings. The van der Waals surface area contributed by atoms with E-state index in [9.17, 15) is 4.79 Å². The highest BCUT2D eigenvalue weighted by molar-refractivity contribution is 5.89. The maximum atomic E-state index is 11.6. The smallest absolute Gasteiger partial charge is 0.373 e. The molecule has 1 atom stereocenters. The summed E-state index contributed by atoms with van der Waals surface area (Å²) in [5.41, 5.74) is 2.69. The molecule has 0 aromatic heterocycles. The van der Waals surface area contributed by atoms with Gasteiger partial charge in [-0.1, -0.05) is 6.07 Å². The van der Waals surface area contributed by atoms with Gasteiger partial charge in [-0.3, -0.25) is 4.89 Å². The molecule has 0 saturated carbocycles. The largest absolute Gasteiger partial charge is 0.382 e. The van der Waals surface area contributed by atoms with Crippen LogP contribution in [0.5, 0.6) is 0 Å². The quantitative estimate of drug-likeness (QED) is 0.443. The van der Waals surface area contributed by atoms with Gasteiger partial charge in [0.2, 0.25) is 0 Å². The molecule has 1 aromatic carbocycles. The second-order valence-corrected chi connectivity index (χ2v) is 4.33. The lowest BCUT2D eigenvalue weighted by molar-refractivity contribution is -0.244. The van der Waals surface area contributed by atoms with Gasteiger partial charge < -0.3 is 4.74 Å². The lowest BCUT2D eigenvalue weighted by Gasteiger charge is -2.09. The average molecular weight is 252 g/mol. The Hall–Kier alpha value is -1.39. The minimum Gasteiger partial charge on any atom is -0.382 e. The standard InChI is InChI=1S/C14H20O4/c1-10-5-6-13(9-11(10)2)14(15)18-17-8-7-12(3)16-4/h5-6,9,12H,7-8H2,1-4H3. The van der Waals surface area contributed by atoms with Gasteiger partial charge in [0.05, 0.1) is 18.3 Å². The summed E-state index contributed by atoms with van der Waals surface area (Å²) in [5.74, 6) is -0.469. The first-order valence-corrected chi connectivity index (χ1v) is 5.98. The van der Waals surface area contributed by atoms with Crippen molar-refractivity contribution in [3.63, 3.8) is 0 Å². The van der Waals surface area contributed by atoms with Gasteiger partial charge in [-0.15, -0.1) is 0 Å². The van der Waals surface area contributed by atoms with E-state index >= 15 is 0 Å². The summed E-state index contributed by atoms with van der Waals surface area (Å²) < 4.78 is 5.05. The fourth-order valence-electron chi connectivity index (χ4n) is 1.34. The first-order valence-electron chi connectivity index (χ1n) is 5.98. The van der Waals surface area contributed by atoms with Gasteiger partial charge in [-0.2, -0.15) is 4.89 Å². The Balaban J connectivity index is 2.39. The van der Waals surface area contributed by atoms with E-state index in [0.29, 0.717) is 18.6 Å². The molecule has 4 heteroatoms. The number of hydrogen-bond donors (Lipinski definition) is 0. The van der Waals surface area contributed by atoms with Crippen LogP contribution in [0, 0.1) is 13.8 Å². The highest BCUT2D eigenvalue weighted by Crippen LogP contribution is 2.11. The van der Waals surface area contributed by atoms with Crippen LogP contribution in [0.4, 0.5) is 0 Å². The number of benzene rings is 1. The van der Waals surface area contributed by atoms with Crippen LogP contribution in [0.2, 0.25) is 0 Å². The summed E-state index contributed by atoms with van der Waals surface area (Å²) in [4.78, 5) is 21.2. The van der Waals surface area contributed by atoms with Crippen LogP contribution in [0.1, 0.15) is 34.8 Å². The molecule has 0 aliphatic heterocycles. The minimum absolute atomic E-state index is 0.0883. The van der Waals surface area contributed by atoms with E-state index in [0.717, 1.165) is 11.1 Å². The zero-order valence-electron chi connectivity index (χ0n) is 11.4. The molecule has 0 saturated heterocycles. The van der Waals surface area contributed by atoms with E-state index in [2.05, 4.69) is 0 Å². The Morgan fingerprint density at radius 1 is 1.28 bits per heavy atom. The molecule has 18 heavy (non-hydrogen) atoms. The summed E-state index contributed by atoms with van der Waals surface area (Å²) in [7, 11) is 1.63. The maximum absolute atomic E-state index is 11.6. The van der Waals surface area contributed by atoms with Crippen LogP contribution >= 0.6 is 0 Å². The van der Waals surface area contributed by atoms with Gasteiger partial charge in [0.25, 0.3) is 0 Å². The van der Waals surface area contributed by atoms with Crippen molar-refractivity contribution in [2.75, 3.05) is 13.7 Å². The van der Waals surface area contributed by atoms with Crippen LogP contribution in [0.3, 0.4) is 0 Å². The number of rotatable bonds is 6. The molecule has 0 radical (unpaired) electrons. The van der Waals surface area contributed by atoms with Gasteiger partial charge in [0.15, 0.2) is 0 Å². The predicted molar refractivity (Wildman–Crippen MR) is 68.4 cm³/mol. The van der Waals surface area contributed by atoms with E-state index in [4.69, 9.17) is 14.5 Å². The molecule has 0 spiro atoms. The van der Waals surface area contributed by atoms with Gasteiger partial charge in [0.1, 0.15) is 0 Å². The molecule has 4 nitrogen and oxygen atoms in total. The van der Waals surface area contributed by atoms with Gasteiger partial charge in [-0.25, -0.2) is 4.79 Å². The first-order chi connectivity index (χ1) is 8.54. The van der Waals surface area contributed by atoms with E-state index in [1.165, 1.54) is 0 Å². The monoisotopic (exact) mass is 252 g/mol. The topological polar surface area (TPSA) is 44.8 Å². The summed E-state index contributed by atoms with van der Waals surface area (Å²) in [6.45, 7) is 6.19. The number of aryl methyl sites for hydroxylation is 2. The zero-order valence-corrected chi connectivity index (χ0v) is 11.4. The van der Waals surface area contributed by atoms with E-state index in [1.807, 2.05) is 26.8 Å². The minimum atomic E-state index is -0.469. The molecule has 0 aliphatic carbocycles. The number of carbonyl (C=O) groups is 1. The highest BCUT2D eigenvalue weighted by atomic mass is 17.2. The lowest BCUT2D eigenvalue weighted by Crippen LogP contribution is -2.12. The summed E-state index contributed by atoms with van der Waals surface area (Å²) in [6, 6.07) is 5.41. The van der Waals surface area contributed by atoms with Gasteiger partial charge >= 0.3 is 5.97 Å². The number of methoxy groups -OCH3 is 1. The molecular formula is C14H20O4. The fourth-order valence-corrected chi connectivity index (χ4v) is 1.34. The molecule has 100 valence electrons. The molecule has 0 heterocycles. The van der Waals surface area contributed by atoms with Crippen molar-refractivity contribution in [3.8, 4) is 0 Å². The Morgan fingerprint density at radius 3 is 2.61 bits per heavy atom. The average Bonchev–Trinajstić information content (AvgIpc) is 2.37. The number of ether oxygens (including phenoxy) is 1. The fraction of sp³-hybridized carbons (Fsp3) is 0.500. The van der Waals surface area contributed by atoms with Crippen LogP contribution in [0.25, 0.3) is 0 Å². The van der Waals surface area contributed by atoms with Gasteiger partial charge in [-0.05, 0) is 44.0 Å². The van der Waals surface area contributed by atoms with Crippen molar-refractivity contribution < 1.29 is 19.3 Å². The Bertz CT molecular complexity index is 401. The van der Waals surface area contributed by atoms with Crippen molar-refractivity contribution in [1.82, 2.24) is 0 Å². The normalized spacial score (nSPS) is 12.2. The van der Waals surface area contributed by atoms with Gasteiger partial charge in [0, 0.05) is 13.5 Å². The number of hydrogen-bond acceptors (Lipinski definition) is 4. The molecule has 0 amide bonds. The Labute approximate surface area is 108 Å². The molecule has 1 aromatic rings. The molecule has 0 N–H and O–H groups in total. The van der Waals surface area contributed by atoms with Crippen LogP contribution in [-0.4, -0.2) is 25.8 Å². The predicted octanol–water partition coefficient (Wildman–Crippen LogP) is 2.82. The molecular weight excluding hydrogens is 232 g/mol. The van der Waals surface area contributed by atoms with Crippen LogP contribution in [0.15, 0.2) is 18.2 Å². The van der Waals surface area contributed by atoms with Crippen LogP contribution in [-0.2, 0) is 14.5 Å². The van der Waals surface area contributed by atoms with E-state index in [-0.39, 0.29) is 6.10 Å².